The minimum Gasteiger partial charge on any atom is -0.379 e. The van der Waals surface area contributed by atoms with Crippen molar-refractivity contribution in [1.29, 1.82) is 0 Å². The van der Waals surface area contributed by atoms with E-state index in [1.54, 1.807) is 0 Å². The maximum Gasteiger partial charge on any atom is 0.191 e. The van der Waals surface area contributed by atoms with E-state index >= 15 is 0 Å². The lowest BCUT2D eigenvalue weighted by Crippen LogP contribution is -2.51. The van der Waals surface area contributed by atoms with Crippen LogP contribution in [0.25, 0.3) is 0 Å². The Labute approximate surface area is 168 Å². The van der Waals surface area contributed by atoms with Crippen molar-refractivity contribution in [3.63, 3.8) is 0 Å². The molecule has 0 radical (unpaired) electrons. The van der Waals surface area contributed by atoms with Crippen LogP contribution in [-0.2, 0) is 17.6 Å². The van der Waals surface area contributed by atoms with Crippen molar-refractivity contribution < 1.29 is 4.74 Å². The molecular weight excluding hydrogens is 358 g/mol. The second-order valence-electron chi connectivity index (χ2n) is 7.53. The van der Waals surface area contributed by atoms with Crippen molar-refractivity contribution in [2.75, 3.05) is 46.4 Å². The minimum absolute atomic E-state index is 0.515. The van der Waals surface area contributed by atoms with Gasteiger partial charge in [0.05, 0.1) is 23.9 Å². The molecule has 0 aliphatic carbocycles. The van der Waals surface area contributed by atoms with E-state index in [4.69, 9.17) is 9.72 Å². The Hall–Kier alpha value is -1.18. The van der Waals surface area contributed by atoms with E-state index in [2.05, 4.69) is 48.2 Å². The van der Waals surface area contributed by atoms with E-state index in [1.165, 1.54) is 22.0 Å². The number of guanidine groups is 1. The number of aromatic nitrogens is 1. The van der Waals surface area contributed by atoms with Crippen LogP contribution in [0.2, 0.25) is 0 Å². The molecule has 1 aliphatic heterocycles. The first kappa shape index (κ1) is 22.1. The molecule has 154 valence electrons. The van der Waals surface area contributed by atoms with Gasteiger partial charge in [0.15, 0.2) is 5.96 Å². The molecule has 1 fully saturated rings. The van der Waals surface area contributed by atoms with Crippen molar-refractivity contribution in [2.24, 2.45) is 10.9 Å². The van der Waals surface area contributed by atoms with E-state index in [1.807, 2.05) is 18.4 Å². The van der Waals surface area contributed by atoms with Crippen LogP contribution in [0.5, 0.6) is 0 Å². The highest BCUT2D eigenvalue weighted by atomic mass is 32.1. The van der Waals surface area contributed by atoms with Gasteiger partial charge >= 0.3 is 0 Å². The molecule has 1 aromatic heterocycles. The topological polar surface area (TPSA) is 61.8 Å². The molecule has 2 heterocycles. The first-order chi connectivity index (χ1) is 13.0. The fraction of sp³-hybridized carbons (Fsp3) is 0.800. The number of morpholine rings is 1. The van der Waals surface area contributed by atoms with E-state index in [9.17, 15) is 0 Å². The summed E-state index contributed by atoms with van der Waals surface area (Å²) in [5.74, 6) is 1.55. The normalized spacial score (nSPS) is 17.3. The van der Waals surface area contributed by atoms with Crippen LogP contribution in [0, 0.1) is 12.8 Å². The number of aliphatic imine (C=N–C) groups is 1. The summed E-state index contributed by atoms with van der Waals surface area (Å²) < 4.78 is 5.51. The van der Waals surface area contributed by atoms with Gasteiger partial charge in [0.2, 0.25) is 0 Å². The minimum atomic E-state index is 0.515. The van der Waals surface area contributed by atoms with Crippen LogP contribution >= 0.6 is 11.3 Å². The number of thiazole rings is 1. The van der Waals surface area contributed by atoms with Gasteiger partial charge < -0.3 is 15.4 Å². The number of rotatable bonds is 9. The lowest BCUT2D eigenvalue weighted by molar-refractivity contribution is 0.0132. The second-order valence-corrected chi connectivity index (χ2v) is 8.81. The number of aryl methyl sites for hydroxylation is 2. The average molecular weight is 396 g/mol. The lowest BCUT2D eigenvalue weighted by Gasteiger charge is -2.35. The molecule has 1 aliphatic rings. The third kappa shape index (κ3) is 7.39. The number of nitrogens with zero attached hydrogens (tertiary/aromatic N) is 3. The lowest BCUT2D eigenvalue weighted by atomic mass is 10.0. The van der Waals surface area contributed by atoms with Gasteiger partial charge in [-0.2, -0.15) is 0 Å². The number of hydrogen-bond acceptors (Lipinski definition) is 5. The fourth-order valence-corrected chi connectivity index (χ4v) is 4.52. The van der Waals surface area contributed by atoms with E-state index < -0.39 is 0 Å². The highest BCUT2D eigenvalue weighted by Gasteiger charge is 2.22. The van der Waals surface area contributed by atoms with Crippen LogP contribution in [0.4, 0.5) is 0 Å². The van der Waals surface area contributed by atoms with Gasteiger partial charge in [0, 0.05) is 50.6 Å². The van der Waals surface area contributed by atoms with Gasteiger partial charge in [0.1, 0.15) is 0 Å². The van der Waals surface area contributed by atoms with E-state index in [-0.39, 0.29) is 0 Å². The van der Waals surface area contributed by atoms with Crippen LogP contribution in [0.1, 0.15) is 42.8 Å². The fourth-order valence-electron chi connectivity index (χ4n) is 3.49. The standard InChI is InChI=1S/C20H37N5OS/c1-6-18-16(4)27-19(24-18)7-8-22-20(21-5)23-14-17(13-15(2)3)25-9-11-26-12-10-25/h15,17H,6-14H2,1-5H3,(H2,21,22,23). The molecule has 0 bridgehead atoms. The maximum atomic E-state index is 5.51. The van der Waals surface area contributed by atoms with Crippen molar-refractivity contribution in [2.45, 2.75) is 53.0 Å². The third-order valence-electron chi connectivity index (χ3n) is 4.94. The van der Waals surface area contributed by atoms with Crippen LogP contribution < -0.4 is 10.6 Å². The smallest absolute Gasteiger partial charge is 0.191 e. The zero-order chi connectivity index (χ0) is 19.6. The number of hydrogen-bond donors (Lipinski definition) is 2. The van der Waals surface area contributed by atoms with E-state index in [0.717, 1.165) is 58.2 Å². The molecule has 2 N–H and O–H groups in total. The van der Waals surface area contributed by atoms with Gasteiger partial charge in [0.25, 0.3) is 0 Å². The summed E-state index contributed by atoms with van der Waals surface area (Å²) in [6.45, 7) is 14.4. The van der Waals surface area contributed by atoms with Crippen molar-refractivity contribution in [3.8, 4) is 0 Å². The van der Waals surface area contributed by atoms with Gasteiger partial charge in [-0.3, -0.25) is 9.89 Å². The molecule has 1 saturated heterocycles. The summed E-state index contributed by atoms with van der Waals surface area (Å²) in [6, 6.07) is 0.515. The SMILES string of the molecule is CCc1nc(CCNC(=NC)NCC(CC(C)C)N2CCOCC2)sc1C. The predicted molar refractivity (Wildman–Crippen MR) is 115 cm³/mol. The Balaban J connectivity index is 1.79. The first-order valence-corrected chi connectivity index (χ1v) is 11.1. The Morgan fingerprint density at radius 1 is 1.30 bits per heavy atom. The molecule has 0 spiro atoms. The molecule has 2 rings (SSSR count). The van der Waals surface area contributed by atoms with Crippen LogP contribution in [0.3, 0.4) is 0 Å². The van der Waals surface area contributed by atoms with Gasteiger partial charge in [-0.1, -0.05) is 20.8 Å². The summed E-state index contributed by atoms with van der Waals surface area (Å²) in [4.78, 5) is 13.0. The zero-order valence-electron chi connectivity index (χ0n) is 17.7. The second kappa shape index (κ2) is 11.6. The molecule has 1 aromatic rings. The molecule has 0 saturated carbocycles. The monoisotopic (exact) mass is 395 g/mol. The number of ether oxygens (including phenoxy) is 1. The molecule has 7 heteroatoms. The largest absolute Gasteiger partial charge is 0.379 e. The highest BCUT2D eigenvalue weighted by molar-refractivity contribution is 7.11. The Bertz CT molecular complexity index is 581. The molecule has 27 heavy (non-hydrogen) atoms. The highest BCUT2D eigenvalue weighted by Crippen LogP contribution is 2.18. The average Bonchev–Trinajstić information content (AvgIpc) is 3.03. The summed E-state index contributed by atoms with van der Waals surface area (Å²) in [6.07, 6.45) is 3.13. The quantitative estimate of drug-likeness (QED) is 0.497. The van der Waals surface area contributed by atoms with Gasteiger partial charge in [-0.05, 0) is 25.7 Å². The Kier molecular flexibility index (Phi) is 9.51. The third-order valence-corrected chi connectivity index (χ3v) is 6.01. The van der Waals surface area contributed by atoms with Crippen molar-refractivity contribution in [3.05, 3.63) is 15.6 Å². The van der Waals surface area contributed by atoms with Crippen molar-refractivity contribution in [1.82, 2.24) is 20.5 Å². The molecule has 0 amide bonds. The maximum absolute atomic E-state index is 5.51. The summed E-state index contributed by atoms with van der Waals surface area (Å²) in [7, 11) is 1.84. The van der Waals surface area contributed by atoms with Crippen LogP contribution in [0.15, 0.2) is 4.99 Å². The predicted octanol–water partition coefficient (Wildman–Crippen LogP) is 2.47. The van der Waals surface area contributed by atoms with Gasteiger partial charge in [-0.25, -0.2) is 4.98 Å². The summed E-state index contributed by atoms with van der Waals surface area (Å²) >= 11 is 1.81. The molecular formula is C20H37N5OS. The Morgan fingerprint density at radius 3 is 2.63 bits per heavy atom. The molecule has 1 atom stereocenters. The molecule has 0 aromatic carbocycles. The van der Waals surface area contributed by atoms with Gasteiger partial charge in [-0.15, -0.1) is 11.3 Å². The summed E-state index contributed by atoms with van der Waals surface area (Å²) in [5, 5.41) is 8.17. The molecule has 6 nitrogen and oxygen atoms in total. The van der Waals surface area contributed by atoms with E-state index in [0.29, 0.717) is 12.0 Å². The summed E-state index contributed by atoms with van der Waals surface area (Å²) in [5.41, 5.74) is 1.24. The zero-order valence-corrected chi connectivity index (χ0v) is 18.5. The van der Waals surface area contributed by atoms with Crippen molar-refractivity contribution >= 4 is 17.3 Å². The van der Waals surface area contributed by atoms with Crippen LogP contribution in [-0.4, -0.2) is 68.3 Å². The first-order valence-electron chi connectivity index (χ1n) is 10.2. The number of nitrogens with one attached hydrogen (secondary N) is 2. The molecule has 1 unspecified atom stereocenters. The Morgan fingerprint density at radius 2 is 2.04 bits per heavy atom.